The second-order valence-electron chi connectivity index (χ2n) is 5.58. The van der Waals surface area contributed by atoms with E-state index in [1.54, 1.807) is 0 Å². The van der Waals surface area contributed by atoms with Gasteiger partial charge in [0, 0.05) is 6.42 Å². The highest BCUT2D eigenvalue weighted by Gasteiger charge is 2.14. The minimum absolute atomic E-state index is 0.695. The molecule has 0 aliphatic rings. The maximum Gasteiger partial charge on any atom is 0.0941 e. The van der Waals surface area contributed by atoms with Gasteiger partial charge >= 0.3 is 0 Å². The van der Waals surface area contributed by atoms with Gasteiger partial charge in [-0.1, -0.05) is 32.9 Å². The van der Waals surface area contributed by atoms with Crippen molar-refractivity contribution in [3.63, 3.8) is 0 Å². The summed E-state index contributed by atoms with van der Waals surface area (Å²) in [6.45, 7) is 8.93. The Kier molecular flexibility index (Phi) is 5.34. The Balaban J connectivity index is 2.06. The third-order valence-electron chi connectivity index (χ3n) is 3.29. The lowest BCUT2D eigenvalue weighted by Crippen LogP contribution is -2.25. The molecule has 0 saturated heterocycles. The van der Waals surface area contributed by atoms with E-state index in [-0.39, 0.29) is 0 Å². The van der Waals surface area contributed by atoms with Crippen LogP contribution in [-0.2, 0) is 6.42 Å². The number of hydrogen-bond donors (Lipinski definition) is 1. The average molecular weight is 276 g/mol. The molecule has 0 fully saturated rings. The fourth-order valence-corrected chi connectivity index (χ4v) is 3.59. The molecule has 2 nitrogen and oxygen atoms in total. The van der Waals surface area contributed by atoms with Gasteiger partial charge in [0.25, 0.3) is 0 Å². The van der Waals surface area contributed by atoms with Gasteiger partial charge < -0.3 is 5.32 Å². The smallest absolute Gasteiger partial charge is 0.0941 e. The minimum Gasteiger partial charge on any atom is -0.317 e. The molecule has 0 saturated carbocycles. The van der Waals surface area contributed by atoms with Crippen molar-refractivity contribution in [3.8, 4) is 0 Å². The summed E-state index contributed by atoms with van der Waals surface area (Å²) in [7, 11) is 0. The summed E-state index contributed by atoms with van der Waals surface area (Å²) in [5.74, 6) is 1.44. The van der Waals surface area contributed by atoms with Crippen LogP contribution in [0.3, 0.4) is 0 Å². The molecule has 1 aromatic heterocycles. The van der Waals surface area contributed by atoms with E-state index in [1.165, 1.54) is 16.1 Å². The Labute approximate surface area is 120 Å². The third kappa shape index (κ3) is 4.29. The standard InChI is InChI=1S/C16H24N2S/c1-4-17-11-13(9-12(2)3)10-16-18-14-7-5-6-8-15(14)19-16/h5-8,12-13,17H,4,9-11H2,1-3H3. The van der Waals surface area contributed by atoms with Gasteiger partial charge in [-0.25, -0.2) is 4.98 Å². The van der Waals surface area contributed by atoms with Crippen LogP contribution in [0.25, 0.3) is 10.2 Å². The quantitative estimate of drug-likeness (QED) is 0.823. The van der Waals surface area contributed by atoms with Crippen LogP contribution in [-0.4, -0.2) is 18.1 Å². The van der Waals surface area contributed by atoms with Crippen LogP contribution in [0.1, 0.15) is 32.2 Å². The van der Waals surface area contributed by atoms with Crippen LogP contribution in [0.2, 0.25) is 0 Å². The van der Waals surface area contributed by atoms with Gasteiger partial charge in [-0.15, -0.1) is 11.3 Å². The van der Waals surface area contributed by atoms with Gasteiger partial charge in [0.05, 0.1) is 15.2 Å². The monoisotopic (exact) mass is 276 g/mol. The molecule has 0 amide bonds. The van der Waals surface area contributed by atoms with Crippen molar-refractivity contribution in [3.05, 3.63) is 29.3 Å². The number of thiazole rings is 1. The summed E-state index contributed by atoms with van der Waals surface area (Å²) < 4.78 is 1.31. The maximum atomic E-state index is 4.76. The summed E-state index contributed by atoms with van der Waals surface area (Å²) in [5, 5.41) is 4.77. The molecule has 0 bridgehead atoms. The molecule has 19 heavy (non-hydrogen) atoms. The first kappa shape index (κ1) is 14.5. The molecule has 2 aromatic rings. The zero-order valence-electron chi connectivity index (χ0n) is 12.1. The first-order valence-corrected chi connectivity index (χ1v) is 8.05. The van der Waals surface area contributed by atoms with E-state index in [9.17, 15) is 0 Å². The predicted molar refractivity (Wildman–Crippen MR) is 84.8 cm³/mol. The van der Waals surface area contributed by atoms with E-state index < -0.39 is 0 Å². The summed E-state index contributed by atoms with van der Waals surface area (Å²) in [6.07, 6.45) is 2.37. The highest BCUT2D eigenvalue weighted by Crippen LogP contribution is 2.25. The number of para-hydroxylation sites is 1. The Morgan fingerprint density at radius 1 is 1.26 bits per heavy atom. The maximum absolute atomic E-state index is 4.76. The first-order chi connectivity index (χ1) is 9.19. The fourth-order valence-electron chi connectivity index (χ4n) is 2.51. The molecule has 0 aliphatic carbocycles. The molecule has 1 unspecified atom stereocenters. The summed E-state index contributed by atoms with van der Waals surface area (Å²) in [5.41, 5.74) is 1.15. The van der Waals surface area contributed by atoms with Crippen molar-refractivity contribution in [1.29, 1.82) is 0 Å². The molecular formula is C16H24N2S. The van der Waals surface area contributed by atoms with Gasteiger partial charge in [-0.2, -0.15) is 0 Å². The average Bonchev–Trinajstić information content (AvgIpc) is 2.77. The highest BCUT2D eigenvalue weighted by molar-refractivity contribution is 7.18. The van der Waals surface area contributed by atoms with Crippen LogP contribution in [0, 0.1) is 11.8 Å². The van der Waals surface area contributed by atoms with E-state index in [4.69, 9.17) is 4.98 Å². The number of benzene rings is 1. The molecule has 0 spiro atoms. The molecule has 1 N–H and O–H groups in total. The Morgan fingerprint density at radius 3 is 2.74 bits per heavy atom. The van der Waals surface area contributed by atoms with Gasteiger partial charge in [-0.05, 0) is 43.5 Å². The van der Waals surface area contributed by atoms with Gasteiger partial charge in [-0.3, -0.25) is 0 Å². The molecule has 0 aliphatic heterocycles. The lowest BCUT2D eigenvalue weighted by Gasteiger charge is -2.18. The molecule has 0 radical (unpaired) electrons. The van der Waals surface area contributed by atoms with Crippen molar-refractivity contribution in [1.82, 2.24) is 10.3 Å². The van der Waals surface area contributed by atoms with Crippen molar-refractivity contribution < 1.29 is 0 Å². The van der Waals surface area contributed by atoms with E-state index >= 15 is 0 Å². The van der Waals surface area contributed by atoms with E-state index in [2.05, 4.69) is 50.4 Å². The Morgan fingerprint density at radius 2 is 2.05 bits per heavy atom. The summed E-state index contributed by atoms with van der Waals surface area (Å²) in [6, 6.07) is 8.43. The van der Waals surface area contributed by atoms with Crippen LogP contribution in [0.4, 0.5) is 0 Å². The van der Waals surface area contributed by atoms with Gasteiger partial charge in [0.1, 0.15) is 0 Å². The number of nitrogens with zero attached hydrogens (tertiary/aromatic N) is 1. The summed E-state index contributed by atoms with van der Waals surface area (Å²) in [4.78, 5) is 4.76. The largest absolute Gasteiger partial charge is 0.317 e. The number of hydrogen-bond acceptors (Lipinski definition) is 3. The number of nitrogens with one attached hydrogen (secondary N) is 1. The SMILES string of the molecule is CCNCC(Cc1nc2ccccc2s1)CC(C)C. The molecule has 1 heterocycles. The zero-order valence-corrected chi connectivity index (χ0v) is 13.0. The second kappa shape index (κ2) is 7.01. The van der Waals surface area contributed by atoms with Gasteiger partial charge in [0.2, 0.25) is 0 Å². The molecule has 1 atom stereocenters. The highest BCUT2D eigenvalue weighted by atomic mass is 32.1. The van der Waals surface area contributed by atoms with Crippen LogP contribution in [0.5, 0.6) is 0 Å². The Bertz CT molecular complexity index is 471. The lowest BCUT2D eigenvalue weighted by atomic mass is 9.94. The molecule has 3 heteroatoms. The number of aromatic nitrogens is 1. The van der Waals surface area contributed by atoms with Crippen LogP contribution >= 0.6 is 11.3 Å². The fraction of sp³-hybridized carbons (Fsp3) is 0.562. The first-order valence-electron chi connectivity index (χ1n) is 7.24. The van der Waals surface area contributed by atoms with Crippen molar-refractivity contribution >= 4 is 21.6 Å². The van der Waals surface area contributed by atoms with Crippen LogP contribution in [0.15, 0.2) is 24.3 Å². The number of rotatable bonds is 7. The topological polar surface area (TPSA) is 24.9 Å². The minimum atomic E-state index is 0.695. The van der Waals surface area contributed by atoms with E-state index in [1.807, 2.05) is 11.3 Å². The Hall–Kier alpha value is -0.930. The predicted octanol–water partition coefficient (Wildman–Crippen LogP) is 4.11. The van der Waals surface area contributed by atoms with Crippen molar-refractivity contribution in [2.24, 2.45) is 11.8 Å². The molecule has 104 valence electrons. The molecule has 2 rings (SSSR count). The molecule has 1 aromatic carbocycles. The van der Waals surface area contributed by atoms with E-state index in [0.29, 0.717) is 5.92 Å². The summed E-state index contributed by atoms with van der Waals surface area (Å²) >= 11 is 1.85. The van der Waals surface area contributed by atoms with Crippen molar-refractivity contribution in [2.75, 3.05) is 13.1 Å². The van der Waals surface area contributed by atoms with Crippen LogP contribution < -0.4 is 5.32 Å². The lowest BCUT2D eigenvalue weighted by molar-refractivity contribution is 0.388. The van der Waals surface area contributed by atoms with Crippen molar-refractivity contribution in [2.45, 2.75) is 33.6 Å². The zero-order chi connectivity index (χ0) is 13.7. The van der Waals surface area contributed by atoms with E-state index in [0.717, 1.165) is 30.9 Å². The second-order valence-corrected chi connectivity index (χ2v) is 6.70. The van der Waals surface area contributed by atoms with Gasteiger partial charge in [0.15, 0.2) is 0 Å². The number of fused-ring (bicyclic) bond motifs is 1. The third-order valence-corrected chi connectivity index (χ3v) is 4.35. The normalized spacial score (nSPS) is 13.3. The molecular weight excluding hydrogens is 252 g/mol.